The number of ether oxygens (including phenoxy) is 1. The molecule has 3 saturated carbocycles. The largest absolute Gasteiger partial charge is 0.394 e. The molecule has 4 rings (SSSR count). The second-order valence-electron chi connectivity index (χ2n) is 12.7. The van der Waals surface area contributed by atoms with E-state index < -0.39 is 0 Å². The lowest BCUT2D eigenvalue weighted by Gasteiger charge is -2.58. The van der Waals surface area contributed by atoms with Crippen LogP contribution in [0.2, 0.25) is 0 Å². The Balaban J connectivity index is 1.45. The predicted molar refractivity (Wildman–Crippen MR) is 130 cm³/mol. The van der Waals surface area contributed by atoms with Gasteiger partial charge >= 0.3 is 0 Å². The summed E-state index contributed by atoms with van der Waals surface area (Å²) in [6.07, 6.45) is 18.0. The number of rotatable bonds is 8. The predicted octanol–water partition coefficient (Wildman–Crippen LogP) is 7.41. The lowest BCUT2D eigenvalue weighted by Crippen LogP contribution is -2.51. The maximum absolute atomic E-state index is 9.14. The maximum Gasteiger partial charge on any atom is 0.0701 e. The summed E-state index contributed by atoms with van der Waals surface area (Å²) in [5, 5.41) is 9.14. The fourth-order valence-corrected chi connectivity index (χ4v) is 9.01. The van der Waals surface area contributed by atoms with Crippen LogP contribution in [0.1, 0.15) is 105 Å². The molecule has 0 heterocycles. The van der Waals surface area contributed by atoms with Crippen LogP contribution >= 0.6 is 0 Å². The summed E-state index contributed by atoms with van der Waals surface area (Å²) in [5.74, 6) is 5.44. The molecular formula is C29H50O2. The average molecular weight is 431 g/mol. The normalized spacial score (nSPS) is 43.2. The summed E-state index contributed by atoms with van der Waals surface area (Å²) in [6.45, 7) is 13.3. The van der Waals surface area contributed by atoms with E-state index in [4.69, 9.17) is 9.84 Å². The maximum atomic E-state index is 9.14. The number of fused-ring (bicyclic) bond motifs is 5. The van der Waals surface area contributed by atoms with Crippen molar-refractivity contribution < 1.29 is 9.84 Å². The fourth-order valence-electron chi connectivity index (χ4n) is 9.01. The minimum atomic E-state index is 0.148. The summed E-state index contributed by atoms with van der Waals surface area (Å²) < 4.78 is 5.94. The van der Waals surface area contributed by atoms with Gasteiger partial charge in [0.05, 0.1) is 19.3 Å². The van der Waals surface area contributed by atoms with Gasteiger partial charge in [-0.15, -0.1) is 0 Å². The van der Waals surface area contributed by atoms with Crippen LogP contribution in [0, 0.1) is 46.3 Å². The zero-order valence-corrected chi connectivity index (χ0v) is 21.2. The molecule has 1 N–H and O–H groups in total. The highest BCUT2D eigenvalue weighted by Crippen LogP contribution is 2.67. The van der Waals surface area contributed by atoms with Crippen LogP contribution in [0.25, 0.3) is 0 Å². The Hall–Kier alpha value is -0.340. The topological polar surface area (TPSA) is 29.5 Å². The van der Waals surface area contributed by atoms with Gasteiger partial charge in [0, 0.05) is 0 Å². The van der Waals surface area contributed by atoms with Crippen molar-refractivity contribution in [1.29, 1.82) is 0 Å². The van der Waals surface area contributed by atoms with E-state index in [1.807, 2.05) is 0 Å². The van der Waals surface area contributed by atoms with Crippen LogP contribution in [0.15, 0.2) is 11.6 Å². The van der Waals surface area contributed by atoms with Crippen LogP contribution in [-0.4, -0.2) is 24.4 Å². The van der Waals surface area contributed by atoms with E-state index in [0.29, 0.717) is 23.5 Å². The minimum Gasteiger partial charge on any atom is -0.394 e. The quantitative estimate of drug-likeness (QED) is 0.406. The van der Waals surface area contributed by atoms with Crippen molar-refractivity contribution >= 4 is 0 Å². The molecule has 0 aliphatic heterocycles. The monoisotopic (exact) mass is 430 g/mol. The van der Waals surface area contributed by atoms with E-state index >= 15 is 0 Å². The smallest absolute Gasteiger partial charge is 0.0701 e. The van der Waals surface area contributed by atoms with Crippen molar-refractivity contribution in [2.45, 2.75) is 111 Å². The number of aliphatic hydroxyl groups is 1. The molecule has 0 radical (unpaired) electrons. The van der Waals surface area contributed by atoms with Crippen molar-refractivity contribution in [3.63, 3.8) is 0 Å². The van der Waals surface area contributed by atoms with Gasteiger partial charge in [-0.25, -0.2) is 0 Å². The van der Waals surface area contributed by atoms with E-state index in [-0.39, 0.29) is 6.61 Å². The average Bonchev–Trinajstić information content (AvgIpc) is 3.09. The first-order chi connectivity index (χ1) is 14.8. The molecule has 0 aromatic heterocycles. The van der Waals surface area contributed by atoms with Crippen molar-refractivity contribution in [2.75, 3.05) is 13.2 Å². The van der Waals surface area contributed by atoms with E-state index in [1.54, 1.807) is 5.57 Å². The van der Waals surface area contributed by atoms with E-state index in [1.165, 1.54) is 64.2 Å². The Morgan fingerprint density at radius 2 is 1.84 bits per heavy atom. The molecule has 4 unspecified atom stereocenters. The van der Waals surface area contributed by atoms with E-state index in [2.05, 4.69) is 40.7 Å². The summed E-state index contributed by atoms with van der Waals surface area (Å²) in [4.78, 5) is 0. The highest BCUT2D eigenvalue weighted by atomic mass is 16.5. The SMILES string of the molecule is CC(C)CCC[C@@H](C)C1CC[C@H]2C3CC=C4C[C@@H](OCCO)CCC4(C)[C@H]3CCC12C. The van der Waals surface area contributed by atoms with Gasteiger partial charge in [-0.1, -0.05) is 65.5 Å². The standard InChI is InChI=1S/C29H50O2/c1-20(2)7-6-8-21(3)25-11-12-26-24-10-9-22-19-23(31-18-17-30)13-15-28(22,4)27(24)14-16-29(25,26)5/h9,20-21,23-27,30H,6-8,10-19H2,1-5H3/t21-,23+,24?,25?,26+,27+,28?,29?/m1/s1. The molecular weight excluding hydrogens is 380 g/mol. The fraction of sp³-hybridized carbons (Fsp3) is 0.931. The van der Waals surface area contributed by atoms with Gasteiger partial charge < -0.3 is 9.84 Å². The molecule has 178 valence electrons. The molecule has 0 aromatic rings. The first kappa shape index (κ1) is 23.8. The molecule has 2 nitrogen and oxygen atoms in total. The van der Waals surface area contributed by atoms with Gasteiger partial charge in [0.15, 0.2) is 0 Å². The van der Waals surface area contributed by atoms with Gasteiger partial charge in [0.1, 0.15) is 0 Å². The summed E-state index contributed by atoms with van der Waals surface area (Å²) in [6, 6.07) is 0. The Morgan fingerprint density at radius 1 is 1.03 bits per heavy atom. The third-order valence-corrected chi connectivity index (χ3v) is 10.7. The lowest BCUT2D eigenvalue weighted by atomic mass is 9.47. The highest BCUT2D eigenvalue weighted by molar-refractivity contribution is 5.25. The zero-order chi connectivity index (χ0) is 22.2. The van der Waals surface area contributed by atoms with E-state index in [0.717, 1.165) is 41.9 Å². The second-order valence-corrected chi connectivity index (χ2v) is 12.7. The van der Waals surface area contributed by atoms with Crippen LogP contribution < -0.4 is 0 Å². The molecule has 0 saturated heterocycles. The summed E-state index contributed by atoms with van der Waals surface area (Å²) in [7, 11) is 0. The number of allylic oxidation sites excluding steroid dienone is 1. The molecule has 4 aliphatic rings. The van der Waals surface area contributed by atoms with Crippen LogP contribution in [0.4, 0.5) is 0 Å². The summed E-state index contributed by atoms with van der Waals surface area (Å²) >= 11 is 0. The lowest BCUT2D eigenvalue weighted by molar-refractivity contribution is -0.0658. The number of hydrogen-bond acceptors (Lipinski definition) is 2. The van der Waals surface area contributed by atoms with Crippen molar-refractivity contribution in [1.82, 2.24) is 0 Å². The molecule has 0 bridgehead atoms. The Bertz CT molecular complexity index is 639. The first-order valence-corrected chi connectivity index (χ1v) is 13.7. The van der Waals surface area contributed by atoms with Crippen LogP contribution in [0.5, 0.6) is 0 Å². The Labute approximate surface area is 192 Å². The molecule has 3 fully saturated rings. The van der Waals surface area contributed by atoms with Gasteiger partial charge in [0.2, 0.25) is 0 Å². The van der Waals surface area contributed by atoms with Crippen LogP contribution in [-0.2, 0) is 4.74 Å². The number of aliphatic hydroxyl groups excluding tert-OH is 1. The van der Waals surface area contributed by atoms with Gasteiger partial charge in [0.25, 0.3) is 0 Å². The molecule has 8 atom stereocenters. The third kappa shape index (κ3) is 4.42. The molecule has 31 heavy (non-hydrogen) atoms. The minimum absolute atomic E-state index is 0.148. The van der Waals surface area contributed by atoms with Gasteiger partial charge in [-0.3, -0.25) is 0 Å². The van der Waals surface area contributed by atoms with Gasteiger partial charge in [-0.05, 0) is 97.7 Å². The Kier molecular flexibility index (Phi) is 7.29. The highest BCUT2D eigenvalue weighted by Gasteiger charge is 2.59. The molecule has 2 heteroatoms. The van der Waals surface area contributed by atoms with E-state index in [9.17, 15) is 0 Å². The molecule has 4 aliphatic carbocycles. The number of hydrogen-bond donors (Lipinski definition) is 1. The zero-order valence-electron chi connectivity index (χ0n) is 21.2. The van der Waals surface area contributed by atoms with Crippen molar-refractivity contribution in [3.05, 3.63) is 11.6 Å². The Morgan fingerprint density at radius 3 is 2.58 bits per heavy atom. The molecule has 0 amide bonds. The molecule has 0 aromatic carbocycles. The third-order valence-electron chi connectivity index (χ3n) is 10.7. The van der Waals surface area contributed by atoms with Gasteiger partial charge in [-0.2, -0.15) is 0 Å². The van der Waals surface area contributed by atoms with Crippen LogP contribution in [0.3, 0.4) is 0 Å². The second kappa shape index (κ2) is 9.49. The first-order valence-electron chi connectivity index (χ1n) is 13.7. The molecule has 0 spiro atoms. The van der Waals surface area contributed by atoms with Crippen molar-refractivity contribution in [3.8, 4) is 0 Å². The van der Waals surface area contributed by atoms with Crippen molar-refractivity contribution in [2.24, 2.45) is 46.3 Å². The summed E-state index contributed by atoms with van der Waals surface area (Å²) in [5.41, 5.74) is 2.69.